The first-order valence-electron chi connectivity index (χ1n) is 6.92. The van der Waals surface area contributed by atoms with Crippen molar-refractivity contribution >= 4 is 0 Å². The summed E-state index contributed by atoms with van der Waals surface area (Å²) in [6.07, 6.45) is 3.65. The van der Waals surface area contributed by atoms with Gasteiger partial charge in [-0.15, -0.1) is 0 Å². The average molecular weight is 269 g/mol. The second-order valence-electron chi connectivity index (χ2n) is 5.48. The predicted octanol–water partition coefficient (Wildman–Crippen LogP) is 3.17. The number of halogens is 2. The molecule has 0 amide bonds. The first-order chi connectivity index (χ1) is 9.06. The van der Waals surface area contributed by atoms with Gasteiger partial charge in [-0.2, -0.15) is 0 Å². The molecule has 19 heavy (non-hydrogen) atoms. The van der Waals surface area contributed by atoms with Crippen LogP contribution in [0.2, 0.25) is 0 Å². The van der Waals surface area contributed by atoms with Crippen LogP contribution in [0.5, 0.6) is 0 Å². The van der Waals surface area contributed by atoms with Gasteiger partial charge in [0.1, 0.15) is 0 Å². The molecule has 2 nitrogen and oxygen atoms in total. The molecule has 0 aliphatic heterocycles. The normalized spacial score (nSPS) is 25.3. The van der Waals surface area contributed by atoms with Gasteiger partial charge in [-0.1, -0.05) is 6.07 Å². The predicted molar refractivity (Wildman–Crippen MR) is 70.7 cm³/mol. The van der Waals surface area contributed by atoms with E-state index in [0.717, 1.165) is 37.8 Å². The number of benzene rings is 1. The minimum absolute atomic E-state index is 0.00181. The lowest BCUT2D eigenvalue weighted by Crippen LogP contribution is -2.29. The third kappa shape index (κ3) is 3.98. The minimum atomic E-state index is -0.808. The number of rotatable bonds is 4. The van der Waals surface area contributed by atoms with Crippen LogP contribution in [0.25, 0.3) is 0 Å². The van der Waals surface area contributed by atoms with E-state index in [1.54, 1.807) is 6.07 Å². The van der Waals surface area contributed by atoms with Gasteiger partial charge in [-0.3, -0.25) is 0 Å². The van der Waals surface area contributed by atoms with Crippen LogP contribution >= 0.6 is 0 Å². The smallest absolute Gasteiger partial charge is 0.159 e. The van der Waals surface area contributed by atoms with Gasteiger partial charge < -0.3 is 10.4 Å². The first-order valence-corrected chi connectivity index (χ1v) is 6.92. The molecule has 1 fully saturated rings. The zero-order chi connectivity index (χ0) is 13.8. The summed E-state index contributed by atoms with van der Waals surface area (Å²) in [4.78, 5) is 0. The van der Waals surface area contributed by atoms with Crippen LogP contribution < -0.4 is 5.32 Å². The Hall–Kier alpha value is -1.00. The number of nitrogens with one attached hydrogen (secondary N) is 1. The summed E-state index contributed by atoms with van der Waals surface area (Å²) in [6, 6.07) is 4.03. The van der Waals surface area contributed by atoms with Crippen molar-refractivity contribution in [3.63, 3.8) is 0 Å². The molecule has 1 aliphatic rings. The number of aliphatic hydroxyl groups is 1. The summed E-state index contributed by atoms with van der Waals surface area (Å²) in [7, 11) is 0. The molecule has 1 aromatic rings. The van der Waals surface area contributed by atoms with Crippen LogP contribution in [0, 0.1) is 17.6 Å². The Morgan fingerprint density at radius 2 is 1.89 bits per heavy atom. The van der Waals surface area contributed by atoms with Crippen LogP contribution in [0.3, 0.4) is 0 Å². The van der Waals surface area contributed by atoms with E-state index in [-0.39, 0.29) is 12.1 Å². The molecule has 1 aromatic carbocycles. The zero-order valence-corrected chi connectivity index (χ0v) is 11.2. The van der Waals surface area contributed by atoms with Gasteiger partial charge in [0.05, 0.1) is 6.10 Å². The molecule has 106 valence electrons. The lowest BCUT2D eigenvalue weighted by Gasteiger charge is -2.27. The highest BCUT2D eigenvalue weighted by Crippen LogP contribution is 2.24. The van der Waals surface area contributed by atoms with Gasteiger partial charge >= 0.3 is 0 Å². The molecule has 1 unspecified atom stereocenters. The lowest BCUT2D eigenvalue weighted by molar-refractivity contribution is 0.108. The Kier molecular flexibility index (Phi) is 4.88. The van der Waals surface area contributed by atoms with Crippen molar-refractivity contribution < 1.29 is 13.9 Å². The molecule has 1 aliphatic carbocycles. The van der Waals surface area contributed by atoms with Gasteiger partial charge in [0.25, 0.3) is 0 Å². The molecule has 0 bridgehead atoms. The van der Waals surface area contributed by atoms with Gasteiger partial charge in [-0.25, -0.2) is 8.78 Å². The lowest BCUT2D eigenvalue weighted by atomic mass is 9.87. The molecule has 0 radical (unpaired) electrons. The summed E-state index contributed by atoms with van der Waals surface area (Å²) < 4.78 is 26.0. The number of hydrogen-bond donors (Lipinski definition) is 2. The van der Waals surface area contributed by atoms with Crippen molar-refractivity contribution in [1.82, 2.24) is 5.32 Å². The number of hydrogen-bond acceptors (Lipinski definition) is 2. The van der Waals surface area contributed by atoms with Gasteiger partial charge in [0.15, 0.2) is 11.6 Å². The third-order valence-electron chi connectivity index (χ3n) is 3.97. The fraction of sp³-hybridized carbons (Fsp3) is 0.600. The molecule has 2 N–H and O–H groups in total. The van der Waals surface area contributed by atoms with Crippen LogP contribution in [-0.2, 0) is 0 Å². The largest absolute Gasteiger partial charge is 0.393 e. The summed E-state index contributed by atoms with van der Waals surface area (Å²) in [6.45, 7) is 2.80. The van der Waals surface area contributed by atoms with E-state index < -0.39 is 11.6 Å². The molecule has 0 heterocycles. The summed E-state index contributed by atoms with van der Waals surface area (Å²) in [5.41, 5.74) is 0.759. The van der Waals surface area contributed by atoms with Crippen LogP contribution in [0.4, 0.5) is 8.78 Å². The standard InChI is InChI=1S/C15H21F2NO/c1-10(12-4-7-14(16)15(17)8-12)18-9-11-2-5-13(19)6-3-11/h4,7-8,10-11,13,18-19H,2-3,5-6,9H2,1H3. The second-order valence-corrected chi connectivity index (χ2v) is 5.48. The Morgan fingerprint density at radius 1 is 1.21 bits per heavy atom. The van der Waals surface area contributed by atoms with E-state index in [0.29, 0.717) is 5.92 Å². The monoisotopic (exact) mass is 269 g/mol. The minimum Gasteiger partial charge on any atom is -0.393 e. The second kappa shape index (κ2) is 6.44. The molecular weight excluding hydrogens is 248 g/mol. The number of aliphatic hydroxyl groups excluding tert-OH is 1. The topological polar surface area (TPSA) is 32.3 Å². The van der Waals surface area contributed by atoms with Crippen LogP contribution in [-0.4, -0.2) is 17.8 Å². The van der Waals surface area contributed by atoms with Gasteiger partial charge in [0, 0.05) is 6.04 Å². The molecule has 0 aromatic heterocycles. The Balaban J connectivity index is 1.83. The van der Waals surface area contributed by atoms with E-state index in [1.807, 2.05) is 6.92 Å². The molecule has 4 heteroatoms. The van der Waals surface area contributed by atoms with Crippen molar-refractivity contribution in [2.45, 2.75) is 44.8 Å². The summed E-state index contributed by atoms with van der Waals surface area (Å²) in [5, 5.41) is 12.8. The Labute approximate surface area is 112 Å². The van der Waals surface area contributed by atoms with Crippen molar-refractivity contribution in [2.24, 2.45) is 5.92 Å². The first kappa shape index (κ1) is 14.4. The van der Waals surface area contributed by atoms with E-state index in [4.69, 9.17) is 0 Å². The van der Waals surface area contributed by atoms with Gasteiger partial charge in [-0.05, 0) is 62.8 Å². The van der Waals surface area contributed by atoms with E-state index >= 15 is 0 Å². The SMILES string of the molecule is CC(NCC1CCC(O)CC1)c1ccc(F)c(F)c1. The highest BCUT2D eigenvalue weighted by atomic mass is 19.2. The molecular formula is C15H21F2NO. The maximum atomic E-state index is 13.1. The van der Waals surface area contributed by atoms with E-state index in [9.17, 15) is 13.9 Å². The van der Waals surface area contributed by atoms with Crippen molar-refractivity contribution in [3.8, 4) is 0 Å². The summed E-state index contributed by atoms with van der Waals surface area (Å²) >= 11 is 0. The summed E-state index contributed by atoms with van der Waals surface area (Å²) in [5.74, 6) is -1.04. The molecule has 1 atom stereocenters. The van der Waals surface area contributed by atoms with Gasteiger partial charge in [0.2, 0.25) is 0 Å². The quantitative estimate of drug-likeness (QED) is 0.880. The maximum Gasteiger partial charge on any atom is 0.159 e. The van der Waals surface area contributed by atoms with E-state index in [2.05, 4.69) is 5.32 Å². The Morgan fingerprint density at radius 3 is 2.53 bits per heavy atom. The van der Waals surface area contributed by atoms with Crippen LogP contribution in [0.15, 0.2) is 18.2 Å². The van der Waals surface area contributed by atoms with E-state index in [1.165, 1.54) is 12.1 Å². The van der Waals surface area contributed by atoms with Crippen molar-refractivity contribution in [1.29, 1.82) is 0 Å². The average Bonchev–Trinajstić information content (AvgIpc) is 2.41. The maximum absolute atomic E-state index is 13.1. The molecule has 0 spiro atoms. The van der Waals surface area contributed by atoms with Crippen molar-refractivity contribution in [2.75, 3.05) is 6.54 Å². The van der Waals surface area contributed by atoms with Crippen molar-refractivity contribution in [3.05, 3.63) is 35.4 Å². The third-order valence-corrected chi connectivity index (χ3v) is 3.97. The highest BCUT2D eigenvalue weighted by molar-refractivity contribution is 5.20. The zero-order valence-electron chi connectivity index (χ0n) is 11.2. The highest BCUT2D eigenvalue weighted by Gasteiger charge is 2.19. The molecule has 2 rings (SSSR count). The fourth-order valence-electron chi connectivity index (χ4n) is 2.59. The van der Waals surface area contributed by atoms with Crippen LogP contribution in [0.1, 0.15) is 44.2 Å². The molecule has 1 saturated carbocycles. The molecule has 0 saturated heterocycles. The fourth-order valence-corrected chi connectivity index (χ4v) is 2.59. The Bertz CT molecular complexity index is 417.